The minimum Gasteiger partial charge on any atom is -0.480 e. The molecule has 6 nitrogen and oxygen atoms in total. The molecule has 0 aliphatic carbocycles. The van der Waals surface area contributed by atoms with E-state index >= 15 is 0 Å². The van der Waals surface area contributed by atoms with E-state index in [0.29, 0.717) is 6.42 Å². The molecule has 3 N–H and O–H groups in total. The predicted molar refractivity (Wildman–Crippen MR) is 57.9 cm³/mol. The zero-order chi connectivity index (χ0) is 12.6. The maximum atomic E-state index is 11.3. The van der Waals surface area contributed by atoms with Gasteiger partial charge in [-0.2, -0.15) is 0 Å². The Hall–Kier alpha value is -1.74. The molecule has 2 unspecified atom stereocenters. The average molecular weight is 228 g/mol. The summed E-state index contributed by atoms with van der Waals surface area (Å²) in [6.07, 6.45) is 5.45. The Kier molecular flexibility index (Phi) is 6.72. The van der Waals surface area contributed by atoms with Crippen LogP contribution in [0.25, 0.3) is 0 Å². The molecule has 0 aliphatic heterocycles. The largest absolute Gasteiger partial charge is 0.480 e. The van der Waals surface area contributed by atoms with Gasteiger partial charge in [0.15, 0.2) is 6.04 Å². The lowest BCUT2D eigenvalue weighted by molar-refractivity contribution is -0.140. The van der Waals surface area contributed by atoms with Crippen LogP contribution < -0.4 is 10.6 Å². The average Bonchev–Trinajstić information content (AvgIpc) is 2.16. The molecule has 0 aromatic rings. The Bertz CT molecular complexity index is 285. The van der Waals surface area contributed by atoms with Gasteiger partial charge in [0.2, 0.25) is 0 Å². The van der Waals surface area contributed by atoms with E-state index < -0.39 is 18.0 Å². The van der Waals surface area contributed by atoms with Gasteiger partial charge in [0.1, 0.15) is 0 Å². The number of carbonyl (C=O) groups is 2. The van der Waals surface area contributed by atoms with Crippen LogP contribution in [0.1, 0.15) is 13.3 Å². The first-order valence-corrected chi connectivity index (χ1v) is 4.73. The van der Waals surface area contributed by atoms with E-state index in [4.69, 9.17) is 11.5 Å². The van der Waals surface area contributed by atoms with Gasteiger partial charge in [0.25, 0.3) is 0 Å². The van der Waals surface area contributed by atoms with Crippen molar-refractivity contribution in [3.63, 3.8) is 0 Å². The topological polar surface area (TPSA) is 87.7 Å². The second kappa shape index (κ2) is 7.54. The van der Waals surface area contributed by atoms with E-state index in [2.05, 4.69) is 21.3 Å². The van der Waals surface area contributed by atoms with Crippen molar-refractivity contribution in [2.45, 2.75) is 25.4 Å². The van der Waals surface area contributed by atoms with E-state index in [1.54, 1.807) is 6.92 Å². The number of carbonyl (C=O) groups excluding carboxylic acids is 1. The second-order valence-corrected chi connectivity index (χ2v) is 3.27. The van der Waals surface area contributed by atoms with E-state index in [9.17, 15) is 9.59 Å². The number of ether oxygens (including phenoxy) is 1. The Morgan fingerprint density at radius 2 is 2.12 bits per heavy atom. The molecule has 6 heteroatoms. The Morgan fingerprint density at radius 3 is 2.56 bits per heavy atom. The van der Waals surface area contributed by atoms with Crippen LogP contribution in [0.3, 0.4) is 0 Å². The Morgan fingerprint density at radius 1 is 1.50 bits per heavy atom. The zero-order valence-corrected chi connectivity index (χ0v) is 9.32. The molecule has 0 saturated heterocycles. The molecule has 0 aromatic carbocycles. The number of carboxylic acid groups (broad SMARTS) is 1. The van der Waals surface area contributed by atoms with E-state index in [0.717, 1.165) is 0 Å². The summed E-state index contributed by atoms with van der Waals surface area (Å²) in [5.41, 5.74) is 0. The molecule has 0 bridgehead atoms. The van der Waals surface area contributed by atoms with Crippen molar-refractivity contribution in [1.29, 1.82) is 0 Å². The fourth-order valence-corrected chi connectivity index (χ4v) is 0.993. The van der Waals surface area contributed by atoms with Crippen molar-refractivity contribution in [2.75, 3.05) is 13.7 Å². The molecule has 0 rings (SSSR count). The predicted octanol–water partition coefficient (Wildman–Crippen LogP) is -0.203. The lowest BCUT2D eigenvalue weighted by atomic mass is 10.2. The second-order valence-electron chi connectivity index (χ2n) is 3.27. The van der Waals surface area contributed by atoms with Gasteiger partial charge in [-0.1, -0.05) is 0 Å². The highest BCUT2D eigenvalue weighted by Gasteiger charge is 2.19. The van der Waals surface area contributed by atoms with Gasteiger partial charge >= 0.3 is 12.0 Å². The van der Waals surface area contributed by atoms with Crippen LogP contribution in [-0.2, 0) is 9.53 Å². The van der Waals surface area contributed by atoms with Crippen molar-refractivity contribution >= 4 is 12.0 Å². The maximum Gasteiger partial charge on any atom is 0.328 e. The number of terminal acetylenes is 1. The van der Waals surface area contributed by atoms with Gasteiger partial charge in [0.05, 0.1) is 6.61 Å². The van der Waals surface area contributed by atoms with Gasteiger partial charge in [0, 0.05) is 19.6 Å². The lowest BCUT2D eigenvalue weighted by Crippen LogP contribution is -2.50. The molecular formula is C10H16N2O4. The monoisotopic (exact) mass is 228 g/mol. The summed E-state index contributed by atoms with van der Waals surface area (Å²) in [6, 6.07) is -1.85. The highest BCUT2D eigenvalue weighted by Crippen LogP contribution is 1.90. The number of urea groups is 1. The minimum atomic E-state index is -1.15. The number of hydrogen-bond acceptors (Lipinski definition) is 3. The molecule has 16 heavy (non-hydrogen) atoms. The Labute approximate surface area is 94.4 Å². The van der Waals surface area contributed by atoms with E-state index in [1.807, 2.05) is 0 Å². The first-order chi connectivity index (χ1) is 7.51. The minimum absolute atomic E-state index is 0.0910. The van der Waals surface area contributed by atoms with Crippen LogP contribution in [0.2, 0.25) is 0 Å². The summed E-state index contributed by atoms with van der Waals surface area (Å²) in [5, 5.41) is 13.5. The van der Waals surface area contributed by atoms with Gasteiger partial charge in [-0.15, -0.1) is 12.3 Å². The van der Waals surface area contributed by atoms with Crippen LogP contribution in [-0.4, -0.2) is 42.9 Å². The van der Waals surface area contributed by atoms with Gasteiger partial charge in [-0.05, 0) is 6.92 Å². The standard InChI is InChI=1S/C10H16N2O4/c1-4-5-7(2)11-10(15)12-8(6-16-3)9(13)14/h1,7-8H,5-6H2,2-3H3,(H,13,14)(H2,11,12,15). The van der Waals surface area contributed by atoms with Crippen LogP contribution in [0.4, 0.5) is 4.79 Å². The van der Waals surface area contributed by atoms with E-state index in [-0.39, 0.29) is 12.6 Å². The van der Waals surface area contributed by atoms with Gasteiger partial charge in [-0.25, -0.2) is 9.59 Å². The van der Waals surface area contributed by atoms with Crippen LogP contribution in [0, 0.1) is 12.3 Å². The number of aliphatic carboxylic acids is 1. The fourth-order valence-electron chi connectivity index (χ4n) is 0.993. The molecule has 0 aromatic heterocycles. The third-order valence-electron chi connectivity index (χ3n) is 1.74. The van der Waals surface area contributed by atoms with Crippen molar-refractivity contribution in [2.24, 2.45) is 0 Å². The smallest absolute Gasteiger partial charge is 0.328 e. The summed E-state index contributed by atoms with van der Waals surface area (Å²) >= 11 is 0. The van der Waals surface area contributed by atoms with Crippen LogP contribution in [0.5, 0.6) is 0 Å². The van der Waals surface area contributed by atoms with E-state index in [1.165, 1.54) is 7.11 Å². The highest BCUT2D eigenvalue weighted by molar-refractivity contribution is 5.82. The number of amides is 2. The van der Waals surface area contributed by atoms with Crippen LogP contribution >= 0.6 is 0 Å². The third-order valence-corrected chi connectivity index (χ3v) is 1.74. The van der Waals surface area contributed by atoms with Crippen molar-refractivity contribution < 1.29 is 19.4 Å². The molecule has 0 heterocycles. The summed E-state index contributed by atoms with van der Waals surface area (Å²) in [4.78, 5) is 22.0. The summed E-state index contributed by atoms with van der Waals surface area (Å²) in [7, 11) is 1.36. The Balaban J connectivity index is 4.10. The van der Waals surface area contributed by atoms with Gasteiger partial charge in [-0.3, -0.25) is 0 Å². The van der Waals surface area contributed by atoms with Crippen molar-refractivity contribution in [3.05, 3.63) is 0 Å². The van der Waals surface area contributed by atoms with Gasteiger partial charge < -0.3 is 20.5 Å². The summed E-state index contributed by atoms with van der Waals surface area (Å²) in [5.74, 6) is 1.24. The molecular weight excluding hydrogens is 212 g/mol. The molecule has 2 atom stereocenters. The molecule has 90 valence electrons. The quantitative estimate of drug-likeness (QED) is 0.549. The maximum absolute atomic E-state index is 11.3. The first kappa shape index (κ1) is 14.3. The summed E-state index contributed by atoms with van der Waals surface area (Å²) < 4.78 is 4.66. The third kappa shape index (κ3) is 5.88. The molecule has 0 saturated carbocycles. The number of methoxy groups -OCH3 is 1. The number of nitrogens with one attached hydrogen (secondary N) is 2. The SMILES string of the molecule is C#CCC(C)NC(=O)NC(COC)C(=O)O. The highest BCUT2D eigenvalue weighted by atomic mass is 16.5. The molecule has 0 spiro atoms. The normalized spacial score (nSPS) is 13.3. The fraction of sp³-hybridized carbons (Fsp3) is 0.600. The summed E-state index contributed by atoms with van der Waals surface area (Å²) in [6.45, 7) is 1.64. The molecule has 2 amide bonds. The van der Waals surface area contributed by atoms with Crippen LogP contribution in [0.15, 0.2) is 0 Å². The first-order valence-electron chi connectivity index (χ1n) is 4.73. The number of carboxylic acids is 1. The molecule has 0 radical (unpaired) electrons. The number of rotatable bonds is 6. The number of hydrogen-bond donors (Lipinski definition) is 3. The van der Waals surface area contributed by atoms with Crippen molar-refractivity contribution in [1.82, 2.24) is 10.6 Å². The zero-order valence-electron chi connectivity index (χ0n) is 9.32. The van der Waals surface area contributed by atoms with Crippen molar-refractivity contribution in [3.8, 4) is 12.3 Å². The molecule has 0 aliphatic rings. The lowest BCUT2D eigenvalue weighted by Gasteiger charge is -2.16. The molecule has 0 fully saturated rings.